The fourth-order valence-electron chi connectivity index (χ4n) is 2.26. The zero-order chi connectivity index (χ0) is 12.7. The number of benzene rings is 1. The largest absolute Gasteiger partial charge is 0.366 e. The normalized spacial score (nSPS) is 14.7. The van der Waals surface area contributed by atoms with Gasteiger partial charge in [-0.1, -0.05) is 23.2 Å². The molecular weight excluding hydrogens is 273 g/mol. The number of aromatic amines is 2. The van der Waals surface area contributed by atoms with Gasteiger partial charge in [0.2, 0.25) is 0 Å². The molecule has 4 nitrogen and oxygen atoms in total. The van der Waals surface area contributed by atoms with Crippen molar-refractivity contribution < 1.29 is 0 Å². The maximum atomic E-state index is 11.6. The summed E-state index contributed by atoms with van der Waals surface area (Å²) in [6.45, 7) is 1.41. The number of nitrogens with zero attached hydrogens (tertiary/aromatic N) is 1. The van der Waals surface area contributed by atoms with E-state index in [1.165, 1.54) is 0 Å². The average molecular weight is 284 g/mol. The van der Waals surface area contributed by atoms with Crippen molar-refractivity contribution in [1.29, 1.82) is 0 Å². The molecule has 2 aromatic rings. The second-order valence-electron chi connectivity index (χ2n) is 4.34. The SMILES string of the molecule is O=c1[nH][nH]c2c1CN(c1cc(Cl)cc(Cl)c1)CC2. The third-order valence-electron chi connectivity index (χ3n) is 3.16. The Morgan fingerprint density at radius 3 is 2.56 bits per heavy atom. The fraction of sp³-hybridized carbons (Fsp3) is 0.250. The molecule has 2 N–H and O–H groups in total. The summed E-state index contributed by atoms with van der Waals surface area (Å²) in [5, 5.41) is 6.72. The topological polar surface area (TPSA) is 51.9 Å². The molecule has 0 saturated heterocycles. The Balaban J connectivity index is 1.96. The van der Waals surface area contributed by atoms with Gasteiger partial charge in [-0.2, -0.15) is 0 Å². The van der Waals surface area contributed by atoms with Crippen LogP contribution in [0.4, 0.5) is 5.69 Å². The van der Waals surface area contributed by atoms with Gasteiger partial charge in [-0.25, -0.2) is 0 Å². The molecule has 0 amide bonds. The van der Waals surface area contributed by atoms with Crippen LogP contribution < -0.4 is 10.5 Å². The molecular formula is C12H11Cl2N3O. The van der Waals surface area contributed by atoms with Gasteiger partial charge in [0.05, 0.1) is 12.1 Å². The molecule has 3 rings (SSSR count). The molecule has 0 saturated carbocycles. The van der Waals surface area contributed by atoms with Crippen molar-refractivity contribution in [2.45, 2.75) is 13.0 Å². The number of H-pyrrole nitrogens is 2. The summed E-state index contributed by atoms with van der Waals surface area (Å²) < 4.78 is 0. The summed E-state index contributed by atoms with van der Waals surface area (Å²) in [6, 6.07) is 5.42. The van der Waals surface area contributed by atoms with E-state index < -0.39 is 0 Å². The molecule has 1 aromatic carbocycles. The van der Waals surface area contributed by atoms with E-state index >= 15 is 0 Å². The lowest BCUT2D eigenvalue weighted by atomic mass is 10.1. The molecule has 2 heterocycles. The van der Waals surface area contributed by atoms with E-state index in [-0.39, 0.29) is 5.56 Å². The first-order valence-electron chi connectivity index (χ1n) is 5.63. The number of halogens is 2. The Morgan fingerprint density at radius 1 is 1.11 bits per heavy atom. The second-order valence-corrected chi connectivity index (χ2v) is 5.21. The fourth-order valence-corrected chi connectivity index (χ4v) is 2.77. The van der Waals surface area contributed by atoms with Crippen LogP contribution in [0.3, 0.4) is 0 Å². The first kappa shape index (κ1) is 11.7. The summed E-state index contributed by atoms with van der Waals surface area (Å²) in [7, 11) is 0. The highest BCUT2D eigenvalue weighted by atomic mass is 35.5. The van der Waals surface area contributed by atoms with Crippen LogP contribution in [0, 0.1) is 0 Å². The number of hydrogen-bond acceptors (Lipinski definition) is 2. The van der Waals surface area contributed by atoms with Gasteiger partial charge in [-0.3, -0.25) is 9.89 Å². The van der Waals surface area contributed by atoms with Gasteiger partial charge in [0.25, 0.3) is 5.56 Å². The molecule has 0 radical (unpaired) electrons. The second kappa shape index (κ2) is 4.37. The zero-order valence-electron chi connectivity index (χ0n) is 9.46. The molecule has 0 atom stereocenters. The number of aromatic nitrogens is 2. The van der Waals surface area contributed by atoms with Crippen LogP contribution in [0.15, 0.2) is 23.0 Å². The standard InChI is InChI=1S/C12H11Cl2N3O/c13-7-3-8(14)5-9(4-7)17-2-1-11-10(6-17)12(18)16-15-11/h3-5H,1-2,6H2,(H2,15,16,18). The monoisotopic (exact) mass is 283 g/mol. The summed E-state index contributed by atoms with van der Waals surface area (Å²) >= 11 is 12.0. The molecule has 6 heteroatoms. The van der Waals surface area contributed by atoms with Crippen molar-refractivity contribution in [1.82, 2.24) is 10.2 Å². The van der Waals surface area contributed by atoms with E-state index in [9.17, 15) is 4.79 Å². The van der Waals surface area contributed by atoms with Crippen molar-refractivity contribution in [2.24, 2.45) is 0 Å². The van der Waals surface area contributed by atoms with Gasteiger partial charge in [0.15, 0.2) is 0 Å². The molecule has 1 aromatic heterocycles. The van der Waals surface area contributed by atoms with Gasteiger partial charge < -0.3 is 10.00 Å². The van der Waals surface area contributed by atoms with Gasteiger partial charge in [-0.15, -0.1) is 0 Å². The van der Waals surface area contributed by atoms with E-state index in [1.54, 1.807) is 6.07 Å². The van der Waals surface area contributed by atoms with Crippen LogP contribution in [0.2, 0.25) is 10.0 Å². The highest BCUT2D eigenvalue weighted by Gasteiger charge is 2.21. The van der Waals surface area contributed by atoms with Crippen LogP contribution >= 0.6 is 23.2 Å². The lowest BCUT2D eigenvalue weighted by Gasteiger charge is -2.28. The molecule has 1 aliphatic heterocycles. The molecule has 0 unspecified atom stereocenters. The number of rotatable bonds is 1. The number of hydrogen-bond donors (Lipinski definition) is 2. The Bertz CT molecular complexity index is 627. The highest BCUT2D eigenvalue weighted by Crippen LogP contribution is 2.28. The van der Waals surface area contributed by atoms with E-state index in [0.717, 1.165) is 29.9 Å². The Kier molecular flexibility index (Phi) is 2.84. The number of fused-ring (bicyclic) bond motifs is 1. The molecule has 1 aliphatic rings. The zero-order valence-corrected chi connectivity index (χ0v) is 11.0. The highest BCUT2D eigenvalue weighted by molar-refractivity contribution is 6.35. The van der Waals surface area contributed by atoms with Crippen LogP contribution in [-0.4, -0.2) is 16.7 Å². The first-order valence-corrected chi connectivity index (χ1v) is 6.38. The van der Waals surface area contributed by atoms with Crippen molar-refractivity contribution >= 4 is 28.9 Å². The molecule has 0 fully saturated rings. The Hall–Kier alpha value is -1.39. The Morgan fingerprint density at radius 2 is 1.83 bits per heavy atom. The van der Waals surface area contributed by atoms with Crippen molar-refractivity contribution in [3.63, 3.8) is 0 Å². The minimum Gasteiger partial charge on any atom is -0.366 e. The smallest absolute Gasteiger partial charge is 0.269 e. The lowest BCUT2D eigenvalue weighted by molar-refractivity contribution is 0.719. The van der Waals surface area contributed by atoms with Gasteiger partial charge in [0, 0.05) is 34.4 Å². The minimum atomic E-state index is -0.0529. The minimum absolute atomic E-state index is 0.0529. The van der Waals surface area contributed by atoms with E-state index in [1.807, 2.05) is 12.1 Å². The number of anilines is 1. The summed E-state index contributed by atoms with van der Waals surface area (Å²) in [5.41, 5.74) is 2.67. The molecule has 0 bridgehead atoms. The maximum Gasteiger partial charge on any atom is 0.269 e. The maximum absolute atomic E-state index is 11.6. The van der Waals surface area contributed by atoms with Crippen LogP contribution in [-0.2, 0) is 13.0 Å². The molecule has 0 aliphatic carbocycles. The predicted molar refractivity (Wildman–Crippen MR) is 72.6 cm³/mol. The van der Waals surface area contributed by atoms with Gasteiger partial charge in [0.1, 0.15) is 0 Å². The van der Waals surface area contributed by atoms with Crippen molar-refractivity contribution in [3.8, 4) is 0 Å². The average Bonchev–Trinajstić information content (AvgIpc) is 2.69. The van der Waals surface area contributed by atoms with Crippen LogP contribution in [0.5, 0.6) is 0 Å². The molecule has 0 spiro atoms. The van der Waals surface area contributed by atoms with Gasteiger partial charge in [-0.05, 0) is 18.2 Å². The number of nitrogens with one attached hydrogen (secondary N) is 2. The third kappa shape index (κ3) is 2.02. The van der Waals surface area contributed by atoms with E-state index in [0.29, 0.717) is 16.6 Å². The van der Waals surface area contributed by atoms with E-state index in [4.69, 9.17) is 23.2 Å². The lowest BCUT2D eigenvalue weighted by Crippen LogP contribution is -2.32. The predicted octanol–water partition coefficient (Wildman–Crippen LogP) is 2.57. The van der Waals surface area contributed by atoms with Crippen molar-refractivity contribution in [3.05, 3.63) is 49.9 Å². The van der Waals surface area contributed by atoms with Crippen LogP contribution in [0.1, 0.15) is 11.3 Å². The quantitative estimate of drug-likeness (QED) is 0.845. The third-order valence-corrected chi connectivity index (χ3v) is 3.59. The first-order chi connectivity index (χ1) is 8.63. The summed E-state index contributed by atoms with van der Waals surface area (Å²) in [4.78, 5) is 13.7. The molecule has 18 heavy (non-hydrogen) atoms. The van der Waals surface area contributed by atoms with Crippen molar-refractivity contribution in [2.75, 3.05) is 11.4 Å². The molecule has 94 valence electrons. The summed E-state index contributed by atoms with van der Waals surface area (Å²) in [5.74, 6) is 0. The van der Waals surface area contributed by atoms with E-state index in [2.05, 4.69) is 15.1 Å². The van der Waals surface area contributed by atoms with Gasteiger partial charge >= 0.3 is 0 Å². The summed E-state index contributed by atoms with van der Waals surface area (Å²) in [6.07, 6.45) is 0.804. The Labute approximate surface area is 114 Å². The van der Waals surface area contributed by atoms with Crippen LogP contribution in [0.25, 0.3) is 0 Å².